The van der Waals surface area contributed by atoms with Gasteiger partial charge < -0.3 is 4.57 Å². The van der Waals surface area contributed by atoms with E-state index in [1.807, 2.05) is 17.4 Å². The molecule has 0 fully saturated rings. The van der Waals surface area contributed by atoms with Crippen molar-refractivity contribution in [1.29, 1.82) is 0 Å². The van der Waals surface area contributed by atoms with Gasteiger partial charge in [0.25, 0.3) is 0 Å². The molecule has 0 amide bonds. The third-order valence-corrected chi connectivity index (χ3v) is 11.2. The Labute approximate surface area is 293 Å². The highest BCUT2D eigenvalue weighted by Crippen LogP contribution is 2.37. The first-order chi connectivity index (χ1) is 24.8. The van der Waals surface area contributed by atoms with Crippen molar-refractivity contribution in [3.63, 3.8) is 0 Å². The summed E-state index contributed by atoms with van der Waals surface area (Å²) in [5.74, 6) is 0.757. The lowest BCUT2D eigenvalue weighted by molar-refractivity contribution is 1.05. The van der Waals surface area contributed by atoms with Crippen LogP contribution < -0.4 is 9.75 Å². The molecule has 0 bridgehead atoms. The highest BCUT2D eigenvalue weighted by atomic mass is 32.1. The van der Waals surface area contributed by atoms with E-state index in [0.717, 1.165) is 41.2 Å². The Morgan fingerprint density at radius 3 is 1.96 bits per heavy atom. The molecule has 0 spiro atoms. The molecule has 1 aliphatic carbocycles. The van der Waals surface area contributed by atoms with Crippen LogP contribution in [-0.4, -0.2) is 14.5 Å². The van der Waals surface area contributed by atoms with E-state index in [2.05, 4.69) is 162 Å². The molecular weight excluding hydrogens is 627 g/mol. The van der Waals surface area contributed by atoms with Gasteiger partial charge in [-0.15, -0.1) is 11.3 Å². The van der Waals surface area contributed by atoms with E-state index in [0.29, 0.717) is 0 Å². The first kappa shape index (κ1) is 28.9. The van der Waals surface area contributed by atoms with Crippen LogP contribution in [-0.2, 0) is 0 Å². The van der Waals surface area contributed by atoms with Crippen LogP contribution in [0.5, 0.6) is 0 Å². The number of nitrogens with zero attached hydrogens (tertiary/aromatic N) is 3. The number of aromatic nitrogens is 3. The van der Waals surface area contributed by atoms with Crippen molar-refractivity contribution in [3.8, 4) is 39.5 Å². The van der Waals surface area contributed by atoms with E-state index in [-0.39, 0.29) is 0 Å². The molecule has 3 heterocycles. The predicted octanol–water partition coefficient (Wildman–Crippen LogP) is 10.6. The molecule has 0 saturated carbocycles. The highest BCUT2D eigenvalue weighted by Gasteiger charge is 2.20. The van der Waals surface area contributed by atoms with Crippen molar-refractivity contribution < 1.29 is 0 Å². The van der Waals surface area contributed by atoms with E-state index < -0.39 is 0 Å². The van der Waals surface area contributed by atoms with Crippen molar-refractivity contribution in [1.82, 2.24) is 14.5 Å². The smallest absolute Gasteiger partial charge is 0.160 e. The molecule has 1 aliphatic rings. The molecule has 4 heteroatoms. The van der Waals surface area contributed by atoms with E-state index in [1.54, 1.807) is 0 Å². The Balaban J connectivity index is 1.22. The summed E-state index contributed by atoms with van der Waals surface area (Å²) in [6.45, 7) is 0. The molecule has 10 rings (SSSR count). The van der Waals surface area contributed by atoms with Gasteiger partial charge >= 0.3 is 0 Å². The first-order valence-corrected chi connectivity index (χ1v) is 18.0. The maximum Gasteiger partial charge on any atom is 0.160 e. The van der Waals surface area contributed by atoms with Crippen molar-refractivity contribution in [3.05, 3.63) is 173 Å². The fraction of sp³-hybridized carbons (Fsp3) is 0.0435. The summed E-state index contributed by atoms with van der Waals surface area (Å²) in [4.78, 5) is 10.3. The molecule has 0 unspecified atom stereocenters. The third-order valence-electron chi connectivity index (χ3n) is 9.91. The molecule has 0 saturated heterocycles. The minimum Gasteiger partial charge on any atom is -0.308 e. The van der Waals surface area contributed by atoms with Gasteiger partial charge in [0.15, 0.2) is 5.82 Å². The summed E-state index contributed by atoms with van der Waals surface area (Å²) in [5, 5.41) is 5.15. The van der Waals surface area contributed by atoms with E-state index >= 15 is 0 Å². The van der Waals surface area contributed by atoms with Gasteiger partial charge in [0.1, 0.15) is 0 Å². The summed E-state index contributed by atoms with van der Waals surface area (Å²) in [7, 11) is 0. The molecule has 50 heavy (non-hydrogen) atoms. The molecular formula is C46H31N3S. The van der Waals surface area contributed by atoms with Gasteiger partial charge in [-0.3, -0.25) is 0 Å². The second-order valence-electron chi connectivity index (χ2n) is 12.9. The zero-order valence-corrected chi connectivity index (χ0v) is 28.1. The SMILES string of the molecule is C1=c2c(sc3c(-n4c5ccccc5c5cc(-c6ccccc6)ccc54)cccc23)=C(c2cc(-c3ccccc3)nc(-c3ccccc3)n2)CC1. The quantitative estimate of drug-likeness (QED) is 0.184. The van der Waals surface area contributed by atoms with Crippen LogP contribution in [0, 0.1) is 0 Å². The summed E-state index contributed by atoms with van der Waals surface area (Å²) < 4.78 is 5.07. The van der Waals surface area contributed by atoms with Gasteiger partial charge in [-0.05, 0) is 65.1 Å². The highest BCUT2D eigenvalue weighted by molar-refractivity contribution is 7.17. The summed E-state index contributed by atoms with van der Waals surface area (Å²) in [6.07, 6.45) is 4.34. The van der Waals surface area contributed by atoms with Crippen LogP contribution in [0.4, 0.5) is 0 Å². The fourth-order valence-electron chi connectivity index (χ4n) is 7.56. The van der Waals surface area contributed by atoms with Crippen LogP contribution in [0.15, 0.2) is 158 Å². The van der Waals surface area contributed by atoms with Crippen LogP contribution in [0.1, 0.15) is 18.5 Å². The van der Waals surface area contributed by atoms with Gasteiger partial charge in [0, 0.05) is 31.8 Å². The molecule has 0 radical (unpaired) electrons. The zero-order valence-electron chi connectivity index (χ0n) is 27.3. The number of benzene rings is 6. The average Bonchev–Trinajstić information content (AvgIpc) is 3.74. The second-order valence-corrected chi connectivity index (χ2v) is 13.9. The van der Waals surface area contributed by atoms with Crippen molar-refractivity contribution in [2.45, 2.75) is 12.8 Å². The Hall–Kier alpha value is -6.10. The largest absolute Gasteiger partial charge is 0.308 e. The predicted molar refractivity (Wildman–Crippen MR) is 210 cm³/mol. The van der Waals surface area contributed by atoms with E-state index in [1.165, 1.54) is 64.0 Å². The Kier molecular flexibility index (Phi) is 6.81. The second kappa shape index (κ2) is 11.8. The molecule has 0 N–H and O–H groups in total. The topological polar surface area (TPSA) is 30.7 Å². The zero-order chi connectivity index (χ0) is 33.0. The lowest BCUT2D eigenvalue weighted by Gasteiger charge is -2.13. The monoisotopic (exact) mass is 657 g/mol. The normalized spacial score (nSPS) is 12.8. The Bertz CT molecular complexity index is 2790. The fourth-order valence-corrected chi connectivity index (χ4v) is 8.95. The van der Waals surface area contributed by atoms with Gasteiger partial charge in [-0.25, -0.2) is 9.97 Å². The molecule has 236 valence electrons. The molecule has 0 atom stereocenters. The molecule has 3 nitrogen and oxygen atoms in total. The van der Waals surface area contributed by atoms with Crippen LogP contribution >= 0.6 is 11.3 Å². The van der Waals surface area contributed by atoms with Gasteiger partial charge in [0.2, 0.25) is 0 Å². The molecule has 3 aromatic heterocycles. The number of fused-ring (bicyclic) bond motifs is 6. The van der Waals surface area contributed by atoms with Crippen LogP contribution in [0.2, 0.25) is 0 Å². The van der Waals surface area contributed by atoms with Crippen LogP contribution in [0.3, 0.4) is 0 Å². The van der Waals surface area contributed by atoms with Crippen molar-refractivity contribution in [2.24, 2.45) is 0 Å². The Morgan fingerprint density at radius 2 is 1.16 bits per heavy atom. The lowest BCUT2D eigenvalue weighted by atomic mass is 9.99. The van der Waals surface area contributed by atoms with Crippen molar-refractivity contribution in [2.75, 3.05) is 0 Å². The molecule has 9 aromatic rings. The van der Waals surface area contributed by atoms with Gasteiger partial charge in [-0.2, -0.15) is 0 Å². The molecule has 0 aliphatic heterocycles. The minimum absolute atomic E-state index is 0.757. The van der Waals surface area contributed by atoms with Gasteiger partial charge in [-0.1, -0.05) is 133 Å². The van der Waals surface area contributed by atoms with Crippen LogP contribution in [0.25, 0.3) is 83.0 Å². The average molecular weight is 658 g/mol. The third kappa shape index (κ3) is 4.72. The molecule has 6 aromatic carbocycles. The summed E-state index contributed by atoms with van der Waals surface area (Å²) in [5.41, 5.74) is 11.5. The number of thiophene rings is 1. The summed E-state index contributed by atoms with van der Waals surface area (Å²) in [6, 6.07) is 56.2. The number of para-hydroxylation sites is 1. The number of hydrogen-bond acceptors (Lipinski definition) is 3. The standard InChI is InChI=1S/C46H31N3S/c1-4-14-30(15-5-1)33-26-27-42-38(28-33)34-20-10-11-24-41(34)49(42)43-25-13-22-36-35-21-12-23-37(44(35)50-45(36)43)40-29-39(31-16-6-2-7-17-31)47-46(48-40)32-18-8-3-9-19-32/h1-11,13-22,24-29H,12,23H2. The lowest BCUT2D eigenvalue weighted by Crippen LogP contribution is -2.25. The minimum atomic E-state index is 0.757. The number of hydrogen-bond donors (Lipinski definition) is 0. The van der Waals surface area contributed by atoms with Crippen molar-refractivity contribution >= 4 is 54.9 Å². The maximum atomic E-state index is 5.25. The summed E-state index contributed by atoms with van der Waals surface area (Å²) >= 11 is 1.90. The number of rotatable bonds is 5. The van der Waals surface area contributed by atoms with E-state index in [4.69, 9.17) is 9.97 Å². The van der Waals surface area contributed by atoms with E-state index in [9.17, 15) is 0 Å². The first-order valence-electron chi connectivity index (χ1n) is 17.1. The maximum absolute atomic E-state index is 5.25. The van der Waals surface area contributed by atoms with Gasteiger partial charge in [0.05, 0.1) is 32.8 Å². The Morgan fingerprint density at radius 1 is 0.500 bits per heavy atom.